The molecule has 1 saturated heterocycles. The van der Waals surface area contributed by atoms with E-state index in [1.807, 2.05) is 42.3 Å². The number of rotatable bonds is 6. The smallest absolute Gasteiger partial charge is 0.248 e. The van der Waals surface area contributed by atoms with Crippen molar-refractivity contribution in [2.45, 2.75) is 13.0 Å². The molecule has 0 aliphatic carbocycles. The molecule has 1 amide bonds. The van der Waals surface area contributed by atoms with Crippen LogP contribution in [0.3, 0.4) is 0 Å². The number of nitrogens with zero attached hydrogens (tertiary/aromatic N) is 1. The standard InChI is InChI=1S/C15H22N2O2.ClH/c1-16-9-14-7-8-17(10-14)15(18)12-19-11-13-5-3-2-4-6-13;/h2-6,14,16H,7-12H2,1H3;1H. The molecule has 112 valence electrons. The molecule has 1 aliphatic rings. The lowest BCUT2D eigenvalue weighted by Gasteiger charge is -2.16. The summed E-state index contributed by atoms with van der Waals surface area (Å²) in [5, 5.41) is 3.16. The van der Waals surface area contributed by atoms with E-state index in [9.17, 15) is 4.79 Å². The summed E-state index contributed by atoms with van der Waals surface area (Å²) in [5.41, 5.74) is 1.10. The molecule has 4 nitrogen and oxygen atoms in total. The van der Waals surface area contributed by atoms with E-state index in [1.54, 1.807) is 0 Å². The van der Waals surface area contributed by atoms with Gasteiger partial charge in [-0.1, -0.05) is 30.3 Å². The molecule has 0 bridgehead atoms. The van der Waals surface area contributed by atoms with Crippen LogP contribution in [0.2, 0.25) is 0 Å². The van der Waals surface area contributed by atoms with Gasteiger partial charge >= 0.3 is 0 Å². The highest BCUT2D eigenvalue weighted by atomic mass is 35.5. The van der Waals surface area contributed by atoms with E-state index >= 15 is 0 Å². The molecule has 1 unspecified atom stereocenters. The third-order valence-corrected chi connectivity index (χ3v) is 3.47. The van der Waals surface area contributed by atoms with Crippen LogP contribution in [0.25, 0.3) is 0 Å². The van der Waals surface area contributed by atoms with Gasteiger partial charge in [0.25, 0.3) is 0 Å². The van der Waals surface area contributed by atoms with E-state index in [0.717, 1.165) is 31.6 Å². The fraction of sp³-hybridized carbons (Fsp3) is 0.533. The summed E-state index contributed by atoms with van der Waals surface area (Å²) >= 11 is 0. The van der Waals surface area contributed by atoms with Gasteiger partial charge in [-0.25, -0.2) is 0 Å². The quantitative estimate of drug-likeness (QED) is 0.869. The van der Waals surface area contributed by atoms with E-state index < -0.39 is 0 Å². The van der Waals surface area contributed by atoms with Gasteiger partial charge in [-0.15, -0.1) is 12.4 Å². The lowest BCUT2D eigenvalue weighted by molar-refractivity contribution is -0.135. The normalized spacial score (nSPS) is 17.9. The second-order valence-electron chi connectivity index (χ2n) is 5.03. The molecule has 1 fully saturated rings. The molecule has 0 aromatic heterocycles. The second-order valence-corrected chi connectivity index (χ2v) is 5.03. The second kappa shape index (κ2) is 8.95. The average Bonchev–Trinajstić information content (AvgIpc) is 2.89. The number of hydrogen-bond acceptors (Lipinski definition) is 3. The van der Waals surface area contributed by atoms with Crippen molar-refractivity contribution in [3.8, 4) is 0 Å². The summed E-state index contributed by atoms with van der Waals surface area (Å²) in [7, 11) is 1.95. The van der Waals surface area contributed by atoms with E-state index in [-0.39, 0.29) is 24.9 Å². The Kier molecular flexibility index (Phi) is 7.59. The maximum atomic E-state index is 12.0. The minimum atomic E-state index is 0. The van der Waals surface area contributed by atoms with Gasteiger partial charge in [0.1, 0.15) is 6.61 Å². The number of amides is 1. The van der Waals surface area contributed by atoms with Crippen molar-refractivity contribution in [2.24, 2.45) is 5.92 Å². The molecule has 0 saturated carbocycles. The Morgan fingerprint density at radius 2 is 2.15 bits per heavy atom. The number of benzene rings is 1. The largest absolute Gasteiger partial charge is 0.367 e. The van der Waals surface area contributed by atoms with Crippen LogP contribution in [-0.4, -0.2) is 44.1 Å². The Bertz CT molecular complexity index is 400. The number of likely N-dealkylation sites (tertiary alicyclic amines) is 1. The lowest BCUT2D eigenvalue weighted by atomic mass is 10.1. The van der Waals surface area contributed by atoms with Gasteiger partial charge in [0, 0.05) is 13.1 Å². The molecule has 20 heavy (non-hydrogen) atoms. The SMILES string of the molecule is CNCC1CCN(C(=O)COCc2ccccc2)C1.Cl. The first kappa shape index (κ1) is 17.0. The molecule has 0 spiro atoms. The van der Waals surface area contributed by atoms with Crippen molar-refractivity contribution in [1.29, 1.82) is 0 Å². The van der Waals surface area contributed by atoms with Crippen molar-refractivity contribution >= 4 is 18.3 Å². The number of nitrogens with one attached hydrogen (secondary N) is 1. The zero-order valence-electron chi connectivity index (χ0n) is 11.9. The molecule has 1 heterocycles. The van der Waals surface area contributed by atoms with Crippen molar-refractivity contribution in [1.82, 2.24) is 10.2 Å². The minimum absolute atomic E-state index is 0. The van der Waals surface area contributed by atoms with Crippen LogP contribution >= 0.6 is 12.4 Å². The lowest BCUT2D eigenvalue weighted by Crippen LogP contribution is -2.33. The van der Waals surface area contributed by atoms with Crippen molar-refractivity contribution < 1.29 is 9.53 Å². The van der Waals surface area contributed by atoms with Gasteiger partial charge in [0.05, 0.1) is 6.61 Å². The fourth-order valence-corrected chi connectivity index (χ4v) is 2.44. The first-order valence-corrected chi connectivity index (χ1v) is 6.83. The van der Waals surface area contributed by atoms with Crippen LogP contribution in [0.15, 0.2) is 30.3 Å². The number of carbonyl (C=O) groups excluding carboxylic acids is 1. The highest BCUT2D eigenvalue weighted by Gasteiger charge is 2.25. The maximum Gasteiger partial charge on any atom is 0.248 e. The van der Waals surface area contributed by atoms with E-state index in [0.29, 0.717) is 12.5 Å². The third kappa shape index (κ3) is 5.12. The topological polar surface area (TPSA) is 41.6 Å². The predicted molar refractivity (Wildman–Crippen MR) is 82.0 cm³/mol. The molecule has 0 radical (unpaired) electrons. The van der Waals surface area contributed by atoms with Gasteiger partial charge in [0.2, 0.25) is 5.91 Å². The van der Waals surface area contributed by atoms with Crippen molar-refractivity contribution in [3.05, 3.63) is 35.9 Å². The highest BCUT2D eigenvalue weighted by molar-refractivity contribution is 5.85. The minimum Gasteiger partial charge on any atom is -0.367 e. The van der Waals surface area contributed by atoms with Crippen LogP contribution in [0.1, 0.15) is 12.0 Å². The molecular formula is C15H23ClN2O2. The molecule has 1 aromatic carbocycles. The van der Waals surface area contributed by atoms with Crippen LogP contribution in [0.5, 0.6) is 0 Å². The number of ether oxygens (including phenoxy) is 1. The maximum absolute atomic E-state index is 12.0. The van der Waals surface area contributed by atoms with Crippen molar-refractivity contribution in [2.75, 3.05) is 33.3 Å². The average molecular weight is 299 g/mol. The molecule has 1 N–H and O–H groups in total. The zero-order valence-corrected chi connectivity index (χ0v) is 12.7. The van der Waals surface area contributed by atoms with Crippen LogP contribution in [0.4, 0.5) is 0 Å². The number of carbonyl (C=O) groups is 1. The number of hydrogen-bond donors (Lipinski definition) is 1. The molecule has 5 heteroatoms. The van der Waals surface area contributed by atoms with E-state index in [4.69, 9.17) is 4.74 Å². The molecule has 1 aromatic rings. The van der Waals surface area contributed by atoms with Gasteiger partial charge in [-0.2, -0.15) is 0 Å². The van der Waals surface area contributed by atoms with Gasteiger partial charge < -0.3 is 15.0 Å². The molecule has 1 atom stereocenters. The van der Waals surface area contributed by atoms with Crippen LogP contribution in [0, 0.1) is 5.92 Å². The van der Waals surface area contributed by atoms with Gasteiger partial charge in [0.15, 0.2) is 0 Å². The Balaban J connectivity index is 0.00000200. The highest BCUT2D eigenvalue weighted by Crippen LogP contribution is 2.15. The third-order valence-electron chi connectivity index (χ3n) is 3.47. The van der Waals surface area contributed by atoms with Gasteiger partial charge in [-0.3, -0.25) is 4.79 Å². The fourth-order valence-electron chi connectivity index (χ4n) is 2.44. The van der Waals surface area contributed by atoms with Crippen LogP contribution in [-0.2, 0) is 16.1 Å². The van der Waals surface area contributed by atoms with E-state index in [2.05, 4.69) is 5.32 Å². The molecule has 1 aliphatic heterocycles. The Morgan fingerprint density at radius 3 is 2.85 bits per heavy atom. The summed E-state index contributed by atoms with van der Waals surface area (Å²) in [6.45, 7) is 3.38. The first-order valence-electron chi connectivity index (χ1n) is 6.83. The summed E-state index contributed by atoms with van der Waals surface area (Å²) in [5.74, 6) is 0.692. The van der Waals surface area contributed by atoms with E-state index in [1.165, 1.54) is 0 Å². The van der Waals surface area contributed by atoms with Gasteiger partial charge in [-0.05, 0) is 31.5 Å². The Morgan fingerprint density at radius 1 is 1.40 bits per heavy atom. The Hall–Kier alpha value is -1.10. The summed E-state index contributed by atoms with van der Waals surface area (Å²) in [4.78, 5) is 13.9. The summed E-state index contributed by atoms with van der Waals surface area (Å²) in [6.07, 6.45) is 1.09. The summed E-state index contributed by atoms with van der Waals surface area (Å²) in [6, 6.07) is 9.93. The first-order chi connectivity index (χ1) is 9.29. The summed E-state index contributed by atoms with van der Waals surface area (Å²) < 4.78 is 5.48. The monoisotopic (exact) mass is 298 g/mol. The van der Waals surface area contributed by atoms with Crippen molar-refractivity contribution in [3.63, 3.8) is 0 Å². The Labute approximate surface area is 126 Å². The van der Waals surface area contributed by atoms with Crippen LogP contribution < -0.4 is 5.32 Å². The molecular weight excluding hydrogens is 276 g/mol. The predicted octanol–water partition coefficient (Wildman–Crippen LogP) is 1.69. The molecule has 2 rings (SSSR count). The number of halogens is 1. The zero-order chi connectivity index (χ0) is 13.5.